The van der Waals surface area contributed by atoms with E-state index in [-0.39, 0.29) is 0 Å². The summed E-state index contributed by atoms with van der Waals surface area (Å²) in [6, 6.07) is -6.01. The Morgan fingerprint density at radius 2 is 1.33 bits per heavy atom. The summed E-state index contributed by atoms with van der Waals surface area (Å²) in [5.74, 6) is -7.73. The van der Waals surface area contributed by atoms with Crippen molar-refractivity contribution in [1.29, 1.82) is 0 Å². The molecule has 33 heavy (non-hydrogen) atoms. The molecule has 6 atom stereocenters. The average Bonchev–Trinajstić information content (AvgIpc) is 2.71. The predicted molar refractivity (Wildman–Crippen MR) is 112 cm³/mol. The summed E-state index contributed by atoms with van der Waals surface area (Å²) in [6.07, 6.45) is -2.80. The van der Waals surface area contributed by atoms with Crippen LogP contribution in [0.4, 0.5) is 0 Å². The van der Waals surface area contributed by atoms with Crippen LogP contribution in [0.25, 0.3) is 0 Å². The van der Waals surface area contributed by atoms with Gasteiger partial charge in [-0.25, -0.2) is 4.79 Å². The number of aliphatic hydroxyl groups excluding tert-OH is 1. The Labute approximate surface area is 189 Å². The van der Waals surface area contributed by atoms with Gasteiger partial charge < -0.3 is 42.1 Å². The van der Waals surface area contributed by atoms with E-state index in [1.165, 1.54) is 6.92 Å². The lowest BCUT2D eigenvalue weighted by Crippen LogP contribution is -2.59. The number of nitrogens with two attached hydrogens (primary N) is 1. The molecule has 188 valence electrons. The second-order valence-electron chi connectivity index (χ2n) is 7.63. The molecule has 14 heteroatoms. The van der Waals surface area contributed by atoms with Crippen molar-refractivity contribution in [2.75, 3.05) is 0 Å². The zero-order valence-electron chi connectivity index (χ0n) is 18.6. The molecule has 0 aliphatic heterocycles. The first-order chi connectivity index (χ1) is 15.2. The van der Waals surface area contributed by atoms with E-state index in [2.05, 4.69) is 16.0 Å². The fourth-order valence-corrected chi connectivity index (χ4v) is 2.62. The van der Waals surface area contributed by atoms with Crippen molar-refractivity contribution in [2.45, 2.75) is 76.7 Å². The molecule has 3 amide bonds. The van der Waals surface area contributed by atoms with Crippen molar-refractivity contribution in [1.82, 2.24) is 16.0 Å². The van der Waals surface area contributed by atoms with Gasteiger partial charge in [-0.05, 0) is 19.3 Å². The van der Waals surface area contributed by atoms with Crippen LogP contribution in [-0.2, 0) is 28.8 Å². The molecule has 0 aromatic carbocycles. The fraction of sp³-hybridized carbons (Fsp3) is 0.684. The molecular weight excluding hydrogens is 444 g/mol. The molecule has 0 rings (SSSR count). The van der Waals surface area contributed by atoms with Gasteiger partial charge >= 0.3 is 17.9 Å². The molecular formula is C19H32N4O10. The number of carboxylic acids is 3. The second-order valence-corrected chi connectivity index (χ2v) is 7.63. The molecule has 0 aromatic rings. The number of aliphatic hydroxyl groups is 1. The lowest BCUT2D eigenvalue weighted by molar-refractivity contribution is -0.145. The highest BCUT2D eigenvalue weighted by atomic mass is 16.4. The van der Waals surface area contributed by atoms with Gasteiger partial charge in [0.05, 0.1) is 12.5 Å². The Morgan fingerprint density at radius 1 is 0.818 bits per heavy atom. The minimum Gasteiger partial charge on any atom is -0.481 e. The number of hydrogen-bond donors (Lipinski definition) is 8. The maximum absolute atomic E-state index is 12.7. The van der Waals surface area contributed by atoms with E-state index < -0.39 is 91.1 Å². The number of amides is 3. The molecule has 0 aromatic heterocycles. The Kier molecular flexibility index (Phi) is 12.6. The largest absolute Gasteiger partial charge is 0.481 e. The minimum atomic E-state index is -1.70. The molecule has 0 fully saturated rings. The van der Waals surface area contributed by atoms with Crippen LogP contribution in [0.15, 0.2) is 0 Å². The smallest absolute Gasteiger partial charge is 0.326 e. The van der Waals surface area contributed by atoms with Gasteiger partial charge in [-0.15, -0.1) is 0 Å². The van der Waals surface area contributed by atoms with Crippen LogP contribution >= 0.6 is 0 Å². The van der Waals surface area contributed by atoms with Crippen LogP contribution in [-0.4, -0.2) is 86.3 Å². The quantitative estimate of drug-likeness (QED) is 0.124. The third kappa shape index (κ3) is 10.7. The van der Waals surface area contributed by atoms with Gasteiger partial charge in [-0.1, -0.05) is 20.3 Å². The van der Waals surface area contributed by atoms with Gasteiger partial charge in [-0.2, -0.15) is 0 Å². The number of carbonyl (C=O) groups excluding carboxylic acids is 3. The topological polar surface area (TPSA) is 245 Å². The van der Waals surface area contributed by atoms with Gasteiger partial charge in [0.15, 0.2) is 0 Å². The van der Waals surface area contributed by atoms with E-state index in [1.807, 2.05) is 0 Å². The van der Waals surface area contributed by atoms with Crippen LogP contribution in [0, 0.1) is 5.92 Å². The summed E-state index contributed by atoms with van der Waals surface area (Å²) in [5, 5.41) is 43.2. The maximum Gasteiger partial charge on any atom is 0.326 e. The SMILES string of the molecule is CCC(C)C(NC(=O)C(CCC(=O)O)NC(=O)C(CC(=O)O)NC(=O)C(N)C(C)O)C(=O)O. The van der Waals surface area contributed by atoms with E-state index in [0.29, 0.717) is 6.42 Å². The van der Waals surface area contributed by atoms with E-state index >= 15 is 0 Å². The molecule has 0 aliphatic carbocycles. The van der Waals surface area contributed by atoms with E-state index in [0.717, 1.165) is 0 Å². The van der Waals surface area contributed by atoms with E-state index in [1.54, 1.807) is 13.8 Å². The zero-order chi connectivity index (χ0) is 25.9. The summed E-state index contributed by atoms with van der Waals surface area (Å²) in [4.78, 5) is 70.9. The first kappa shape index (κ1) is 29.7. The molecule has 6 unspecified atom stereocenters. The highest BCUT2D eigenvalue weighted by Crippen LogP contribution is 2.10. The third-order valence-electron chi connectivity index (χ3n) is 4.89. The molecule has 0 saturated carbocycles. The first-order valence-electron chi connectivity index (χ1n) is 10.2. The van der Waals surface area contributed by atoms with Gasteiger partial charge in [0.1, 0.15) is 24.2 Å². The van der Waals surface area contributed by atoms with Crippen molar-refractivity contribution in [3.05, 3.63) is 0 Å². The second kappa shape index (κ2) is 14.0. The standard InChI is InChI=1S/C19H32N4O10/c1-4-8(2)15(19(32)33)23-16(29)10(5-6-12(25)26)21-17(30)11(7-13(27)28)22-18(31)14(20)9(3)24/h8-11,14-15,24H,4-7,20H2,1-3H3,(H,21,30)(H,22,31)(H,23,29)(H,25,26)(H,27,28)(H,32,33). The highest BCUT2D eigenvalue weighted by molar-refractivity contribution is 5.95. The molecule has 0 radical (unpaired) electrons. The lowest BCUT2D eigenvalue weighted by Gasteiger charge is -2.26. The molecule has 0 bridgehead atoms. The minimum absolute atomic E-state index is 0.402. The summed E-state index contributed by atoms with van der Waals surface area (Å²) >= 11 is 0. The summed E-state index contributed by atoms with van der Waals surface area (Å²) < 4.78 is 0. The molecule has 0 saturated heterocycles. The van der Waals surface area contributed by atoms with E-state index in [9.17, 15) is 39.0 Å². The van der Waals surface area contributed by atoms with Gasteiger partial charge in [0.2, 0.25) is 17.7 Å². The Balaban J connectivity index is 5.66. The van der Waals surface area contributed by atoms with Crippen molar-refractivity contribution >= 4 is 35.6 Å². The molecule has 0 heterocycles. The van der Waals surface area contributed by atoms with Crippen LogP contribution in [0.1, 0.15) is 46.5 Å². The predicted octanol–water partition coefficient (Wildman–Crippen LogP) is -2.38. The van der Waals surface area contributed by atoms with Crippen LogP contribution in [0.3, 0.4) is 0 Å². The lowest BCUT2D eigenvalue weighted by atomic mass is 9.98. The van der Waals surface area contributed by atoms with Gasteiger partial charge in [-0.3, -0.25) is 24.0 Å². The third-order valence-corrected chi connectivity index (χ3v) is 4.89. The van der Waals surface area contributed by atoms with Crippen molar-refractivity contribution in [2.24, 2.45) is 11.7 Å². The van der Waals surface area contributed by atoms with Crippen LogP contribution < -0.4 is 21.7 Å². The molecule has 0 spiro atoms. The van der Waals surface area contributed by atoms with E-state index in [4.69, 9.17) is 15.9 Å². The van der Waals surface area contributed by atoms with Crippen molar-refractivity contribution in [3.8, 4) is 0 Å². The Bertz CT molecular complexity index is 742. The fourth-order valence-electron chi connectivity index (χ4n) is 2.62. The number of hydrogen-bond acceptors (Lipinski definition) is 8. The van der Waals surface area contributed by atoms with Crippen LogP contribution in [0.5, 0.6) is 0 Å². The number of aliphatic carboxylic acids is 3. The number of carbonyl (C=O) groups is 6. The number of rotatable bonds is 15. The molecule has 9 N–H and O–H groups in total. The highest BCUT2D eigenvalue weighted by Gasteiger charge is 2.33. The summed E-state index contributed by atoms with van der Waals surface area (Å²) in [5.41, 5.74) is 5.47. The summed E-state index contributed by atoms with van der Waals surface area (Å²) in [7, 11) is 0. The van der Waals surface area contributed by atoms with Gasteiger partial charge in [0, 0.05) is 6.42 Å². The molecule has 14 nitrogen and oxygen atoms in total. The summed E-state index contributed by atoms with van der Waals surface area (Å²) in [6.45, 7) is 4.49. The first-order valence-corrected chi connectivity index (χ1v) is 10.2. The Hall–Kier alpha value is -3.26. The Morgan fingerprint density at radius 3 is 1.76 bits per heavy atom. The maximum atomic E-state index is 12.7. The number of nitrogens with one attached hydrogen (secondary N) is 3. The number of carboxylic acid groups (broad SMARTS) is 3. The van der Waals surface area contributed by atoms with Crippen molar-refractivity contribution < 1.29 is 49.2 Å². The van der Waals surface area contributed by atoms with Crippen molar-refractivity contribution in [3.63, 3.8) is 0 Å². The van der Waals surface area contributed by atoms with Crippen LogP contribution in [0.2, 0.25) is 0 Å². The average molecular weight is 476 g/mol. The monoisotopic (exact) mass is 476 g/mol. The van der Waals surface area contributed by atoms with Gasteiger partial charge in [0.25, 0.3) is 0 Å². The zero-order valence-corrected chi connectivity index (χ0v) is 18.6. The molecule has 0 aliphatic rings. The normalized spacial score (nSPS) is 16.3.